The lowest BCUT2D eigenvalue weighted by atomic mass is 10.2. The van der Waals surface area contributed by atoms with Gasteiger partial charge in [-0.15, -0.1) is 0 Å². The lowest BCUT2D eigenvalue weighted by Gasteiger charge is -2.08. The van der Waals surface area contributed by atoms with Crippen LogP contribution in [0.3, 0.4) is 0 Å². The van der Waals surface area contributed by atoms with E-state index in [0.29, 0.717) is 11.4 Å². The number of aryl methyl sites for hydroxylation is 2. The van der Waals surface area contributed by atoms with Gasteiger partial charge in [0.1, 0.15) is 17.1 Å². The molecule has 0 fully saturated rings. The van der Waals surface area contributed by atoms with Crippen molar-refractivity contribution < 1.29 is 5.11 Å². The SMILES string of the molecule is CC.Cc1nn(C)c(=O)c(C(N)=Nc2ccccc2Br)c1O. The fourth-order valence-electron chi connectivity index (χ4n) is 1.72. The van der Waals surface area contributed by atoms with Gasteiger partial charge in [-0.1, -0.05) is 26.0 Å². The molecule has 1 heterocycles. The Bertz CT molecular complexity index is 754. The predicted octanol–water partition coefficient (Wildman–Crippen LogP) is 2.62. The number of hydrogen-bond acceptors (Lipinski definition) is 4. The molecule has 0 bridgehead atoms. The molecule has 0 unspecified atom stereocenters. The van der Waals surface area contributed by atoms with Crippen LogP contribution in [0.4, 0.5) is 5.69 Å². The van der Waals surface area contributed by atoms with Crippen LogP contribution < -0.4 is 11.3 Å². The van der Waals surface area contributed by atoms with E-state index in [-0.39, 0.29) is 17.1 Å². The number of rotatable bonds is 2. The van der Waals surface area contributed by atoms with Crippen molar-refractivity contribution in [1.82, 2.24) is 9.78 Å². The molecule has 0 saturated carbocycles. The summed E-state index contributed by atoms with van der Waals surface area (Å²) in [5, 5.41) is 13.8. The van der Waals surface area contributed by atoms with Crippen molar-refractivity contribution in [2.45, 2.75) is 20.8 Å². The van der Waals surface area contributed by atoms with Gasteiger partial charge in [0.2, 0.25) is 0 Å². The van der Waals surface area contributed by atoms with Crippen molar-refractivity contribution in [1.29, 1.82) is 0 Å². The van der Waals surface area contributed by atoms with Crippen LogP contribution in [0.25, 0.3) is 0 Å². The summed E-state index contributed by atoms with van der Waals surface area (Å²) in [7, 11) is 1.49. The number of benzene rings is 1. The highest BCUT2D eigenvalue weighted by Crippen LogP contribution is 2.25. The van der Waals surface area contributed by atoms with Crippen molar-refractivity contribution >= 4 is 27.5 Å². The van der Waals surface area contributed by atoms with E-state index in [0.717, 1.165) is 9.15 Å². The Labute approximate surface area is 137 Å². The summed E-state index contributed by atoms with van der Waals surface area (Å²) >= 11 is 3.34. The fourth-order valence-corrected chi connectivity index (χ4v) is 2.09. The number of aromatic nitrogens is 2. The highest BCUT2D eigenvalue weighted by molar-refractivity contribution is 9.10. The average Bonchev–Trinajstić information content (AvgIpc) is 2.50. The second kappa shape index (κ2) is 7.74. The van der Waals surface area contributed by atoms with Gasteiger partial charge >= 0.3 is 0 Å². The van der Waals surface area contributed by atoms with Gasteiger partial charge in [0.25, 0.3) is 5.56 Å². The maximum atomic E-state index is 12.0. The van der Waals surface area contributed by atoms with Crippen LogP contribution in [0.2, 0.25) is 0 Å². The fraction of sp³-hybridized carbons (Fsp3) is 0.267. The number of halogens is 1. The molecule has 0 amide bonds. The molecule has 118 valence electrons. The molecular formula is C15H19BrN4O2. The molecule has 0 spiro atoms. The molecule has 6 nitrogen and oxygen atoms in total. The minimum absolute atomic E-state index is 0.0456. The van der Waals surface area contributed by atoms with Gasteiger partial charge in [-0.3, -0.25) is 4.79 Å². The molecule has 2 aromatic rings. The summed E-state index contributed by atoms with van der Waals surface area (Å²) in [4.78, 5) is 16.2. The largest absolute Gasteiger partial charge is 0.505 e. The van der Waals surface area contributed by atoms with E-state index in [4.69, 9.17) is 5.73 Å². The summed E-state index contributed by atoms with van der Waals surface area (Å²) in [5.74, 6) is -0.304. The third-order valence-corrected chi connectivity index (χ3v) is 3.41. The number of nitrogens with two attached hydrogens (primary N) is 1. The normalized spacial score (nSPS) is 10.9. The van der Waals surface area contributed by atoms with Crippen molar-refractivity contribution in [2.75, 3.05) is 0 Å². The van der Waals surface area contributed by atoms with E-state index in [1.54, 1.807) is 19.1 Å². The van der Waals surface area contributed by atoms with Gasteiger partial charge in [0, 0.05) is 11.5 Å². The molecule has 3 N–H and O–H groups in total. The first kappa shape index (κ1) is 17.9. The minimum Gasteiger partial charge on any atom is -0.505 e. The minimum atomic E-state index is -0.499. The molecular weight excluding hydrogens is 348 g/mol. The molecule has 0 saturated heterocycles. The summed E-state index contributed by atoms with van der Waals surface area (Å²) in [5.41, 5.74) is 6.20. The topological polar surface area (TPSA) is 93.5 Å². The van der Waals surface area contributed by atoms with E-state index in [1.807, 2.05) is 26.0 Å². The smallest absolute Gasteiger partial charge is 0.281 e. The number of hydrogen-bond donors (Lipinski definition) is 2. The van der Waals surface area contributed by atoms with Crippen LogP contribution in [0.5, 0.6) is 5.75 Å². The maximum Gasteiger partial charge on any atom is 0.281 e. The zero-order valence-electron chi connectivity index (χ0n) is 13.0. The third-order valence-electron chi connectivity index (χ3n) is 2.74. The third kappa shape index (κ3) is 3.73. The Morgan fingerprint density at radius 3 is 2.55 bits per heavy atom. The Kier molecular flexibility index (Phi) is 6.30. The number of aliphatic imine (C=N–C) groups is 1. The zero-order valence-corrected chi connectivity index (χ0v) is 14.5. The monoisotopic (exact) mass is 366 g/mol. The van der Waals surface area contributed by atoms with Gasteiger partial charge in [-0.05, 0) is 35.0 Å². The van der Waals surface area contributed by atoms with E-state index in [2.05, 4.69) is 26.0 Å². The van der Waals surface area contributed by atoms with Crippen LogP contribution in [-0.4, -0.2) is 20.7 Å². The van der Waals surface area contributed by atoms with Crippen LogP contribution in [-0.2, 0) is 7.05 Å². The van der Waals surface area contributed by atoms with Crippen LogP contribution in [0.15, 0.2) is 38.5 Å². The number of amidine groups is 1. The molecule has 0 atom stereocenters. The molecule has 1 aromatic carbocycles. The first-order valence-corrected chi connectivity index (χ1v) is 7.57. The molecule has 7 heteroatoms. The van der Waals surface area contributed by atoms with Crippen molar-refractivity contribution in [2.24, 2.45) is 17.8 Å². The van der Waals surface area contributed by atoms with Gasteiger partial charge in [-0.25, -0.2) is 9.67 Å². The quantitative estimate of drug-likeness (QED) is 0.630. The van der Waals surface area contributed by atoms with Gasteiger partial charge < -0.3 is 10.8 Å². The lowest BCUT2D eigenvalue weighted by Crippen LogP contribution is -2.31. The van der Waals surface area contributed by atoms with Crippen LogP contribution >= 0.6 is 15.9 Å². The summed E-state index contributed by atoms with van der Waals surface area (Å²) in [6, 6.07) is 7.19. The van der Waals surface area contributed by atoms with E-state index >= 15 is 0 Å². The number of para-hydroxylation sites is 1. The first-order valence-electron chi connectivity index (χ1n) is 6.77. The predicted molar refractivity (Wildman–Crippen MR) is 91.8 cm³/mol. The summed E-state index contributed by atoms with van der Waals surface area (Å²) < 4.78 is 1.86. The van der Waals surface area contributed by atoms with Gasteiger partial charge in [0.05, 0.1) is 5.69 Å². The van der Waals surface area contributed by atoms with Crippen LogP contribution in [0.1, 0.15) is 25.1 Å². The number of aromatic hydroxyl groups is 1. The lowest BCUT2D eigenvalue weighted by molar-refractivity contribution is 0.456. The van der Waals surface area contributed by atoms with Crippen molar-refractivity contribution in [3.63, 3.8) is 0 Å². The molecule has 0 aliphatic rings. The van der Waals surface area contributed by atoms with E-state index in [1.165, 1.54) is 7.05 Å². The second-order valence-electron chi connectivity index (χ2n) is 4.19. The van der Waals surface area contributed by atoms with Crippen LogP contribution in [0, 0.1) is 6.92 Å². The van der Waals surface area contributed by atoms with E-state index in [9.17, 15) is 9.90 Å². The molecule has 0 radical (unpaired) electrons. The Morgan fingerprint density at radius 2 is 1.95 bits per heavy atom. The highest BCUT2D eigenvalue weighted by Gasteiger charge is 2.16. The molecule has 2 rings (SSSR count). The van der Waals surface area contributed by atoms with Crippen molar-refractivity contribution in [3.8, 4) is 5.75 Å². The summed E-state index contributed by atoms with van der Waals surface area (Å²) in [6.45, 7) is 5.59. The van der Waals surface area contributed by atoms with E-state index < -0.39 is 5.56 Å². The molecule has 0 aliphatic carbocycles. The highest BCUT2D eigenvalue weighted by atomic mass is 79.9. The standard InChI is InChI=1S/C13H13BrN4O2.C2H6/c1-7-11(19)10(13(20)18(2)17-7)12(15)16-9-6-4-3-5-8(9)14;1-2/h3-6,19H,1-2H3,(H2,15,16);1-2H3. The second-order valence-corrected chi connectivity index (χ2v) is 5.04. The molecule has 0 aliphatic heterocycles. The van der Waals surface area contributed by atoms with Gasteiger partial charge in [0.15, 0.2) is 5.75 Å². The number of nitrogens with zero attached hydrogens (tertiary/aromatic N) is 3. The Morgan fingerprint density at radius 1 is 1.36 bits per heavy atom. The maximum absolute atomic E-state index is 12.0. The summed E-state index contributed by atoms with van der Waals surface area (Å²) in [6.07, 6.45) is 0. The average molecular weight is 367 g/mol. The Hall–Kier alpha value is -2.15. The van der Waals surface area contributed by atoms with Crippen molar-refractivity contribution in [3.05, 3.63) is 50.3 Å². The first-order chi connectivity index (χ1) is 10.4. The molecule has 22 heavy (non-hydrogen) atoms. The zero-order chi connectivity index (χ0) is 16.9. The van der Waals surface area contributed by atoms with Gasteiger partial charge in [-0.2, -0.15) is 5.10 Å². The Balaban J connectivity index is 0.00000116. The molecule has 1 aromatic heterocycles.